The SMILES string of the molecule is Cn1cc(CN2CCN(C(=O)c3cnn(CCC(=O)O)c3)CC2)cn1. The predicted molar refractivity (Wildman–Crippen MR) is 88.9 cm³/mol. The number of carbonyl (C=O) groups is 2. The van der Waals surface area contributed by atoms with E-state index in [9.17, 15) is 9.59 Å². The zero-order valence-corrected chi connectivity index (χ0v) is 14.2. The van der Waals surface area contributed by atoms with Gasteiger partial charge in [0.15, 0.2) is 0 Å². The van der Waals surface area contributed by atoms with Crippen LogP contribution in [0.5, 0.6) is 0 Å². The van der Waals surface area contributed by atoms with Crippen molar-refractivity contribution >= 4 is 11.9 Å². The van der Waals surface area contributed by atoms with E-state index in [1.54, 1.807) is 10.9 Å². The first-order valence-corrected chi connectivity index (χ1v) is 8.24. The van der Waals surface area contributed by atoms with Crippen LogP contribution in [-0.2, 0) is 24.9 Å². The summed E-state index contributed by atoms with van der Waals surface area (Å²) in [6.45, 7) is 4.06. The van der Waals surface area contributed by atoms with Crippen molar-refractivity contribution in [1.82, 2.24) is 29.4 Å². The fraction of sp³-hybridized carbons (Fsp3) is 0.500. The van der Waals surface area contributed by atoms with Crippen LogP contribution >= 0.6 is 0 Å². The number of hydrogen-bond acceptors (Lipinski definition) is 5. The van der Waals surface area contributed by atoms with Crippen molar-refractivity contribution in [1.29, 1.82) is 0 Å². The Bertz CT molecular complexity index is 745. The Morgan fingerprint density at radius 3 is 2.52 bits per heavy atom. The van der Waals surface area contributed by atoms with E-state index >= 15 is 0 Å². The number of aromatic nitrogens is 4. The molecule has 1 saturated heterocycles. The van der Waals surface area contributed by atoms with Gasteiger partial charge in [-0.05, 0) is 0 Å². The number of carbonyl (C=O) groups excluding carboxylic acids is 1. The van der Waals surface area contributed by atoms with E-state index in [-0.39, 0.29) is 18.9 Å². The Balaban J connectivity index is 1.50. The number of rotatable bonds is 6. The molecule has 3 heterocycles. The van der Waals surface area contributed by atoms with Crippen molar-refractivity contribution < 1.29 is 14.7 Å². The largest absolute Gasteiger partial charge is 0.481 e. The van der Waals surface area contributed by atoms with E-state index in [0.717, 1.165) is 19.6 Å². The standard InChI is InChI=1S/C16H22N6O3/c1-19-10-13(8-17-19)11-20-4-6-21(7-5-20)16(25)14-9-18-22(12-14)3-2-15(23)24/h8-10,12H,2-7,11H2,1H3,(H,23,24). The number of carboxylic acid groups (broad SMARTS) is 1. The Hall–Kier alpha value is -2.68. The Morgan fingerprint density at radius 1 is 1.12 bits per heavy atom. The quantitative estimate of drug-likeness (QED) is 0.794. The second-order valence-corrected chi connectivity index (χ2v) is 6.23. The molecule has 9 nitrogen and oxygen atoms in total. The van der Waals surface area contributed by atoms with Crippen LogP contribution in [0.2, 0.25) is 0 Å². The molecule has 0 radical (unpaired) electrons. The Labute approximate surface area is 145 Å². The predicted octanol–water partition coefficient (Wildman–Crippen LogP) is 0.0493. The average Bonchev–Trinajstić information content (AvgIpc) is 3.22. The summed E-state index contributed by atoms with van der Waals surface area (Å²) in [4.78, 5) is 27.3. The molecule has 0 atom stereocenters. The first-order chi connectivity index (χ1) is 12.0. The number of nitrogens with zero attached hydrogens (tertiary/aromatic N) is 6. The highest BCUT2D eigenvalue weighted by Crippen LogP contribution is 2.11. The fourth-order valence-corrected chi connectivity index (χ4v) is 2.91. The molecule has 1 N–H and O–H groups in total. The number of aryl methyl sites for hydroxylation is 2. The van der Waals surface area contributed by atoms with Crippen LogP contribution in [-0.4, -0.2) is 72.5 Å². The highest BCUT2D eigenvalue weighted by atomic mass is 16.4. The summed E-state index contributed by atoms with van der Waals surface area (Å²) in [7, 11) is 1.90. The molecule has 9 heteroatoms. The minimum Gasteiger partial charge on any atom is -0.481 e. The van der Waals surface area contributed by atoms with Crippen LogP contribution in [0.4, 0.5) is 0 Å². The van der Waals surface area contributed by atoms with Gasteiger partial charge in [0.2, 0.25) is 0 Å². The lowest BCUT2D eigenvalue weighted by atomic mass is 10.2. The summed E-state index contributed by atoms with van der Waals surface area (Å²) < 4.78 is 3.29. The Kier molecular flexibility index (Phi) is 5.13. The van der Waals surface area contributed by atoms with E-state index in [1.807, 2.05) is 24.3 Å². The highest BCUT2D eigenvalue weighted by molar-refractivity contribution is 5.93. The van der Waals surface area contributed by atoms with E-state index in [0.29, 0.717) is 18.7 Å². The molecule has 0 spiro atoms. The summed E-state index contributed by atoms with van der Waals surface area (Å²) in [5.74, 6) is -0.935. The van der Waals surface area contributed by atoms with Gasteiger partial charge in [-0.15, -0.1) is 0 Å². The average molecular weight is 346 g/mol. The lowest BCUT2D eigenvalue weighted by Crippen LogP contribution is -2.48. The molecule has 3 rings (SSSR count). The van der Waals surface area contributed by atoms with E-state index in [4.69, 9.17) is 5.11 Å². The maximum atomic E-state index is 12.5. The third-order valence-corrected chi connectivity index (χ3v) is 4.26. The molecule has 1 aliphatic rings. The monoisotopic (exact) mass is 346 g/mol. The van der Waals surface area contributed by atoms with Gasteiger partial charge in [0, 0.05) is 57.7 Å². The van der Waals surface area contributed by atoms with Gasteiger partial charge in [-0.2, -0.15) is 10.2 Å². The zero-order valence-electron chi connectivity index (χ0n) is 14.2. The molecular weight excluding hydrogens is 324 g/mol. The molecular formula is C16H22N6O3. The normalized spacial score (nSPS) is 15.5. The van der Waals surface area contributed by atoms with E-state index in [1.165, 1.54) is 16.4 Å². The van der Waals surface area contributed by atoms with Gasteiger partial charge in [0.05, 0.1) is 30.9 Å². The van der Waals surface area contributed by atoms with Crippen LogP contribution in [0, 0.1) is 0 Å². The van der Waals surface area contributed by atoms with Gasteiger partial charge in [-0.3, -0.25) is 23.9 Å². The minimum atomic E-state index is -0.881. The van der Waals surface area contributed by atoms with Crippen molar-refractivity contribution in [3.63, 3.8) is 0 Å². The molecule has 1 amide bonds. The number of hydrogen-bond donors (Lipinski definition) is 1. The molecule has 0 unspecified atom stereocenters. The van der Waals surface area contributed by atoms with Crippen molar-refractivity contribution in [3.8, 4) is 0 Å². The van der Waals surface area contributed by atoms with Crippen molar-refractivity contribution in [2.75, 3.05) is 26.2 Å². The first kappa shape index (κ1) is 17.2. The van der Waals surface area contributed by atoms with Crippen molar-refractivity contribution in [2.24, 2.45) is 7.05 Å². The summed E-state index contributed by atoms with van der Waals surface area (Å²) >= 11 is 0. The van der Waals surface area contributed by atoms with Gasteiger partial charge in [-0.1, -0.05) is 0 Å². The summed E-state index contributed by atoms with van der Waals surface area (Å²) in [6, 6.07) is 0. The topological polar surface area (TPSA) is 96.5 Å². The number of aliphatic carboxylic acids is 1. The van der Waals surface area contributed by atoms with Crippen LogP contribution < -0.4 is 0 Å². The van der Waals surface area contributed by atoms with Crippen molar-refractivity contribution in [3.05, 3.63) is 35.9 Å². The maximum absolute atomic E-state index is 12.5. The highest BCUT2D eigenvalue weighted by Gasteiger charge is 2.23. The number of piperazine rings is 1. The number of carboxylic acids is 1. The van der Waals surface area contributed by atoms with Gasteiger partial charge in [-0.25, -0.2) is 0 Å². The molecule has 2 aromatic heterocycles. The first-order valence-electron chi connectivity index (χ1n) is 8.24. The third-order valence-electron chi connectivity index (χ3n) is 4.26. The summed E-state index contributed by atoms with van der Waals surface area (Å²) in [6.07, 6.45) is 6.98. The molecule has 0 bridgehead atoms. The molecule has 0 saturated carbocycles. The maximum Gasteiger partial charge on any atom is 0.305 e. The molecule has 0 aliphatic carbocycles. The molecule has 1 fully saturated rings. The van der Waals surface area contributed by atoms with E-state index < -0.39 is 5.97 Å². The zero-order chi connectivity index (χ0) is 17.8. The van der Waals surface area contributed by atoms with Crippen LogP contribution in [0.25, 0.3) is 0 Å². The number of amides is 1. The summed E-state index contributed by atoms with van der Waals surface area (Å²) in [5, 5.41) is 16.9. The molecule has 25 heavy (non-hydrogen) atoms. The molecule has 0 aromatic carbocycles. The van der Waals surface area contributed by atoms with Crippen LogP contribution in [0.1, 0.15) is 22.3 Å². The third kappa shape index (κ3) is 4.44. The smallest absolute Gasteiger partial charge is 0.305 e. The second-order valence-electron chi connectivity index (χ2n) is 6.23. The van der Waals surface area contributed by atoms with Gasteiger partial charge in [0.1, 0.15) is 0 Å². The second kappa shape index (κ2) is 7.47. The van der Waals surface area contributed by atoms with Crippen LogP contribution in [0.3, 0.4) is 0 Å². The summed E-state index contributed by atoms with van der Waals surface area (Å²) in [5.41, 5.74) is 1.67. The van der Waals surface area contributed by atoms with Gasteiger partial charge < -0.3 is 10.0 Å². The molecule has 1 aliphatic heterocycles. The minimum absolute atomic E-state index is 0.0116. The fourth-order valence-electron chi connectivity index (χ4n) is 2.91. The molecule has 134 valence electrons. The van der Waals surface area contributed by atoms with Gasteiger partial charge in [0.25, 0.3) is 5.91 Å². The van der Waals surface area contributed by atoms with Gasteiger partial charge >= 0.3 is 5.97 Å². The lowest BCUT2D eigenvalue weighted by molar-refractivity contribution is -0.137. The molecule has 2 aromatic rings. The van der Waals surface area contributed by atoms with Crippen LogP contribution in [0.15, 0.2) is 24.8 Å². The van der Waals surface area contributed by atoms with E-state index in [2.05, 4.69) is 15.1 Å². The van der Waals surface area contributed by atoms with Crippen molar-refractivity contribution in [2.45, 2.75) is 19.5 Å². The Morgan fingerprint density at radius 2 is 1.88 bits per heavy atom. The lowest BCUT2D eigenvalue weighted by Gasteiger charge is -2.34.